The summed E-state index contributed by atoms with van der Waals surface area (Å²) in [5, 5.41) is 4.14. The summed E-state index contributed by atoms with van der Waals surface area (Å²) in [5.41, 5.74) is 0.912. The summed E-state index contributed by atoms with van der Waals surface area (Å²) in [6.07, 6.45) is 3.49. The van der Waals surface area contributed by atoms with Crippen LogP contribution in [-0.4, -0.2) is 28.5 Å². The Balaban J connectivity index is 1.61. The molecule has 2 atom stereocenters. The Morgan fingerprint density at radius 3 is 2.91 bits per heavy atom. The smallest absolute Gasteiger partial charge is 0.341 e. The van der Waals surface area contributed by atoms with Crippen LogP contribution in [0.25, 0.3) is 0 Å². The van der Waals surface area contributed by atoms with Crippen LogP contribution in [0.4, 0.5) is 4.39 Å². The molecule has 3 rings (SSSR count). The summed E-state index contributed by atoms with van der Waals surface area (Å²) < 4.78 is 25.2. The zero-order chi connectivity index (χ0) is 15.5. The number of carbonyl (C=O) groups excluding carboxylic acids is 1. The Kier molecular flexibility index (Phi) is 4.20. The minimum atomic E-state index is -0.500. The van der Waals surface area contributed by atoms with E-state index in [-0.39, 0.29) is 17.7 Å². The lowest BCUT2D eigenvalue weighted by atomic mass is 10.1. The van der Waals surface area contributed by atoms with Crippen molar-refractivity contribution in [3.05, 3.63) is 48.0 Å². The van der Waals surface area contributed by atoms with Gasteiger partial charge in [-0.3, -0.25) is 4.68 Å². The third-order valence-electron chi connectivity index (χ3n) is 3.71. The second-order valence-electron chi connectivity index (χ2n) is 5.48. The first-order valence-corrected chi connectivity index (χ1v) is 7.22. The van der Waals surface area contributed by atoms with Crippen molar-refractivity contribution < 1.29 is 18.7 Å². The summed E-state index contributed by atoms with van der Waals surface area (Å²) in [6.45, 7) is 3.04. The van der Waals surface area contributed by atoms with Crippen molar-refractivity contribution in [3.63, 3.8) is 0 Å². The average Bonchev–Trinajstić information content (AvgIpc) is 3.10. The first-order chi connectivity index (χ1) is 10.6. The largest absolute Gasteiger partial charge is 0.421 e. The van der Waals surface area contributed by atoms with E-state index in [0.29, 0.717) is 18.9 Å². The molecule has 5 nitrogen and oxygen atoms in total. The van der Waals surface area contributed by atoms with Gasteiger partial charge in [-0.1, -0.05) is 19.1 Å². The van der Waals surface area contributed by atoms with Gasteiger partial charge in [-0.25, -0.2) is 9.18 Å². The third kappa shape index (κ3) is 3.33. The van der Waals surface area contributed by atoms with Gasteiger partial charge >= 0.3 is 5.97 Å². The van der Waals surface area contributed by atoms with E-state index in [1.807, 2.05) is 6.92 Å². The van der Waals surface area contributed by atoms with Gasteiger partial charge in [0.05, 0.1) is 18.9 Å². The maximum Gasteiger partial charge on any atom is 0.341 e. The molecule has 1 fully saturated rings. The molecule has 0 radical (unpaired) electrons. The fourth-order valence-electron chi connectivity index (χ4n) is 2.43. The molecule has 0 amide bonds. The molecule has 2 heterocycles. The van der Waals surface area contributed by atoms with E-state index in [4.69, 9.17) is 9.47 Å². The van der Waals surface area contributed by atoms with Crippen LogP contribution in [0, 0.1) is 11.7 Å². The lowest BCUT2D eigenvalue weighted by Crippen LogP contribution is -2.29. The second kappa shape index (κ2) is 6.27. The van der Waals surface area contributed by atoms with Crippen LogP contribution in [0.5, 0.6) is 5.75 Å². The molecule has 1 aliphatic rings. The van der Waals surface area contributed by atoms with E-state index in [1.54, 1.807) is 23.0 Å². The van der Waals surface area contributed by atoms with Crippen molar-refractivity contribution >= 4 is 5.97 Å². The Hall–Kier alpha value is -2.21. The average molecular weight is 304 g/mol. The van der Waals surface area contributed by atoms with Gasteiger partial charge in [0.2, 0.25) is 0 Å². The van der Waals surface area contributed by atoms with Gasteiger partial charge in [-0.05, 0) is 30.0 Å². The van der Waals surface area contributed by atoms with Crippen LogP contribution in [0.15, 0.2) is 36.7 Å². The lowest BCUT2D eigenvalue weighted by molar-refractivity contribution is -0.146. The zero-order valence-electron chi connectivity index (χ0n) is 12.2. The number of carbonyl (C=O) groups is 1. The van der Waals surface area contributed by atoms with Crippen molar-refractivity contribution in [2.75, 3.05) is 6.61 Å². The number of benzene rings is 1. The fourth-order valence-corrected chi connectivity index (χ4v) is 2.43. The number of esters is 1. The number of nitrogens with zero attached hydrogens (tertiary/aromatic N) is 2. The number of aromatic nitrogens is 2. The summed E-state index contributed by atoms with van der Waals surface area (Å²) in [5.74, 6) is -0.104. The van der Waals surface area contributed by atoms with Crippen molar-refractivity contribution in [3.8, 4) is 5.75 Å². The minimum Gasteiger partial charge on any atom is -0.421 e. The topological polar surface area (TPSA) is 53.4 Å². The standard InChI is InChI=1S/C16H17FN2O3/c1-11-6-7-21-15(11)16(20)22-14-8-18-19(10-14)9-12-2-4-13(17)5-3-12/h2-5,8,10-11,15H,6-7,9H2,1H3/t11-,15+/m1/s1. The maximum absolute atomic E-state index is 12.9. The molecule has 1 aromatic heterocycles. The predicted octanol–water partition coefficient (Wildman–Crippen LogP) is 2.40. The second-order valence-corrected chi connectivity index (χ2v) is 5.48. The van der Waals surface area contributed by atoms with Gasteiger partial charge in [0.1, 0.15) is 5.82 Å². The van der Waals surface area contributed by atoms with Gasteiger partial charge in [0, 0.05) is 6.61 Å². The Morgan fingerprint density at radius 1 is 1.45 bits per heavy atom. The molecule has 1 aromatic carbocycles. The molecule has 1 aliphatic heterocycles. The highest BCUT2D eigenvalue weighted by molar-refractivity contribution is 5.77. The van der Waals surface area contributed by atoms with E-state index in [2.05, 4.69) is 5.10 Å². The summed E-state index contributed by atoms with van der Waals surface area (Å²) in [4.78, 5) is 12.0. The molecule has 0 aliphatic carbocycles. The lowest BCUT2D eigenvalue weighted by Gasteiger charge is -2.12. The molecule has 2 aromatic rings. The molecule has 0 N–H and O–H groups in total. The van der Waals surface area contributed by atoms with Crippen molar-refractivity contribution in [1.82, 2.24) is 9.78 Å². The molecular formula is C16H17FN2O3. The number of rotatable bonds is 4. The van der Waals surface area contributed by atoms with Gasteiger partial charge in [-0.2, -0.15) is 5.10 Å². The molecule has 1 saturated heterocycles. The fraction of sp³-hybridized carbons (Fsp3) is 0.375. The van der Waals surface area contributed by atoms with Gasteiger partial charge in [-0.15, -0.1) is 0 Å². The van der Waals surface area contributed by atoms with Crippen molar-refractivity contribution in [1.29, 1.82) is 0 Å². The molecule has 22 heavy (non-hydrogen) atoms. The Bertz CT molecular complexity index is 654. The first-order valence-electron chi connectivity index (χ1n) is 7.22. The number of hydrogen-bond donors (Lipinski definition) is 0. The van der Waals surface area contributed by atoms with E-state index in [0.717, 1.165) is 12.0 Å². The monoisotopic (exact) mass is 304 g/mol. The maximum atomic E-state index is 12.9. The van der Waals surface area contributed by atoms with Crippen LogP contribution in [0.2, 0.25) is 0 Å². The van der Waals surface area contributed by atoms with Crippen LogP contribution >= 0.6 is 0 Å². The Morgan fingerprint density at radius 2 is 2.23 bits per heavy atom. The molecule has 116 valence electrons. The minimum absolute atomic E-state index is 0.168. The summed E-state index contributed by atoms with van der Waals surface area (Å²) >= 11 is 0. The van der Waals surface area contributed by atoms with Crippen LogP contribution < -0.4 is 4.74 Å². The molecular weight excluding hydrogens is 287 g/mol. The first kappa shape index (κ1) is 14.7. The van der Waals surface area contributed by atoms with Crippen molar-refractivity contribution in [2.24, 2.45) is 5.92 Å². The summed E-state index contributed by atoms with van der Waals surface area (Å²) in [7, 11) is 0. The number of ether oxygens (including phenoxy) is 2. The third-order valence-corrected chi connectivity index (χ3v) is 3.71. The number of halogens is 1. The highest BCUT2D eigenvalue weighted by Gasteiger charge is 2.32. The van der Waals surface area contributed by atoms with E-state index in [1.165, 1.54) is 18.3 Å². The van der Waals surface area contributed by atoms with Gasteiger partial charge in [0.25, 0.3) is 0 Å². The van der Waals surface area contributed by atoms with E-state index < -0.39 is 6.10 Å². The molecule has 0 unspecified atom stereocenters. The van der Waals surface area contributed by atoms with Crippen LogP contribution in [0.3, 0.4) is 0 Å². The highest BCUT2D eigenvalue weighted by atomic mass is 19.1. The molecule has 0 spiro atoms. The zero-order valence-corrected chi connectivity index (χ0v) is 12.2. The van der Waals surface area contributed by atoms with Gasteiger partial charge in [0.15, 0.2) is 11.9 Å². The normalized spacial score (nSPS) is 21.0. The SMILES string of the molecule is C[C@@H]1CCO[C@@H]1C(=O)Oc1cnn(Cc2ccc(F)cc2)c1. The quantitative estimate of drug-likeness (QED) is 0.814. The van der Waals surface area contributed by atoms with Crippen molar-refractivity contribution in [2.45, 2.75) is 26.0 Å². The Labute approximate surface area is 127 Å². The van der Waals surface area contributed by atoms with E-state index >= 15 is 0 Å². The van der Waals surface area contributed by atoms with E-state index in [9.17, 15) is 9.18 Å². The molecule has 0 saturated carbocycles. The molecule has 6 heteroatoms. The molecule has 0 bridgehead atoms. The predicted molar refractivity (Wildman–Crippen MR) is 76.9 cm³/mol. The summed E-state index contributed by atoms with van der Waals surface area (Å²) in [6, 6.07) is 6.19. The van der Waals surface area contributed by atoms with Gasteiger partial charge < -0.3 is 9.47 Å². The highest BCUT2D eigenvalue weighted by Crippen LogP contribution is 2.22. The van der Waals surface area contributed by atoms with Crippen LogP contribution in [-0.2, 0) is 16.1 Å². The van der Waals surface area contributed by atoms with Crippen LogP contribution in [0.1, 0.15) is 18.9 Å². The number of hydrogen-bond acceptors (Lipinski definition) is 4.